The van der Waals surface area contributed by atoms with Crippen LogP contribution in [0.2, 0.25) is 0 Å². The Morgan fingerprint density at radius 3 is 2.94 bits per heavy atom. The lowest BCUT2D eigenvalue weighted by Gasteiger charge is -2.00. The number of hydrogen-bond donors (Lipinski definition) is 1. The van der Waals surface area contributed by atoms with Gasteiger partial charge in [-0.25, -0.2) is 4.79 Å². The fourth-order valence-electron chi connectivity index (χ4n) is 1.55. The van der Waals surface area contributed by atoms with Crippen LogP contribution in [0.25, 0.3) is 11.1 Å². The molecule has 0 spiro atoms. The number of carbonyl (C=O) groups excluding carboxylic acids is 1. The van der Waals surface area contributed by atoms with Crippen molar-refractivity contribution in [2.45, 2.75) is 13.2 Å². The monoisotopic (exact) mass is 237 g/mol. The van der Waals surface area contributed by atoms with Gasteiger partial charge < -0.3 is 14.3 Å². The molecule has 0 atom stereocenters. The van der Waals surface area contributed by atoms with Crippen LogP contribution in [0, 0.1) is 0 Å². The third-order valence-corrected chi connectivity index (χ3v) is 2.43. The first-order valence-corrected chi connectivity index (χ1v) is 4.95. The lowest BCUT2D eigenvalue weighted by Crippen LogP contribution is -2.20. The molecule has 0 radical (unpaired) electrons. The summed E-state index contributed by atoms with van der Waals surface area (Å²) in [5.74, 6) is -1.15. The summed E-state index contributed by atoms with van der Waals surface area (Å²) in [4.78, 5) is 22.7. The number of hydrogen-bond acceptors (Lipinski definition) is 5. The largest absolute Gasteiger partial charge is 0.468 e. The van der Waals surface area contributed by atoms with Crippen LogP contribution in [0.5, 0.6) is 0 Å². The van der Waals surface area contributed by atoms with Crippen molar-refractivity contribution in [3.8, 4) is 0 Å². The van der Waals surface area contributed by atoms with E-state index in [2.05, 4.69) is 4.74 Å². The Bertz CT molecular complexity index is 610. The predicted octanol–water partition coefficient (Wildman–Crippen LogP) is 0.260. The molecule has 1 N–H and O–H groups in total. The maximum absolute atomic E-state index is 11.5. The normalized spacial score (nSPS) is 10.7. The Kier molecular flexibility index (Phi) is 2.97. The van der Waals surface area contributed by atoms with Gasteiger partial charge in [0.2, 0.25) is 0 Å². The highest BCUT2D eigenvalue weighted by Gasteiger charge is 2.12. The number of rotatable bonds is 3. The molecule has 0 aliphatic heterocycles. The lowest BCUT2D eigenvalue weighted by atomic mass is 10.2. The van der Waals surface area contributed by atoms with Gasteiger partial charge in [0.1, 0.15) is 6.54 Å². The summed E-state index contributed by atoms with van der Waals surface area (Å²) < 4.78 is 10.7. The molecule has 1 aromatic carbocycles. The second-order valence-corrected chi connectivity index (χ2v) is 3.49. The maximum Gasteiger partial charge on any atom is 0.420 e. The van der Waals surface area contributed by atoms with Crippen molar-refractivity contribution in [3.63, 3.8) is 0 Å². The highest BCUT2D eigenvalue weighted by Crippen LogP contribution is 2.15. The molecule has 6 nitrogen and oxygen atoms in total. The van der Waals surface area contributed by atoms with Gasteiger partial charge in [-0.05, 0) is 17.7 Å². The van der Waals surface area contributed by atoms with Gasteiger partial charge in [0.25, 0.3) is 0 Å². The van der Waals surface area contributed by atoms with Gasteiger partial charge in [-0.15, -0.1) is 0 Å². The molecule has 0 aliphatic rings. The Morgan fingerprint density at radius 1 is 1.53 bits per heavy atom. The van der Waals surface area contributed by atoms with Crippen LogP contribution in [-0.4, -0.2) is 22.8 Å². The number of benzene rings is 1. The third kappa shape index (κ3) is 2.07. The first-order valence-electron chi connectivity index (χ1n) is 4.95. The van der Waals surface area contributed by atoms with Crippen LogP contribution in [0.3, 0.4) is 0 Å². The molecule has 90 valence electrons. The number of methoxy groups -OCH3 is 1. The molecular formula is C11H11NO5. The molecule has 6 heteroatoms. The Morgan fingerprint density at radius 2 is 2.29 bits per heavy atom. The molecule has 2 aromatic rings. The molecule has 1 heterocycles. The molecule has 0 fully saturated rings. The maximum atomic E-state index is 11.5. The summed E-state index contributed by atoms with van der Waals surface area (Å²) in [5, 5.41) is 8.96. The molecule has 0 unspecified atom stereocenters. The number of oxazole rings is 1. The first-order chi connectivity index (χ1) is 8.15. The topological polar surface area (TPSA) is 81.7 Å². The number of carbonyl (C=O) groups is 1. The number of ether oxygens (including phenoxy) is 1. The third-order valence-electron chi connectivity index (χ3n) is 2.43. The van der Waals surface area contributed by atoms with E-state index in [1.165, 1.54) is 11.7 Å². The van der Waals surface area contributed by atoms with Crippen molar-refractivity contribution in [2.75, 3.05) is 7.11 Å². The second-order valence-electron chi connectivity index (χ2n) is 3.49. The highest BCUT2D eigenvalue weighted by molar-refractivity contribution is 5.77. The van der Waals surface area contributed by atoms with Crippen LogP contribution in [-0.2, 0) is 22.7 Å². The molecule has 1 aromatic heterocycles. The molecule has 0 bridgehead atoms. The SMILES string of the molecule is COC(=O)Cn1c(=O)oc2cc(CO)ccc21. The number of aliphatic hydroxyl groups is 1. The zero-order valence-electron chi connectivity index (χ0n) is 9.17. The standard InChI is InChI=1S/C11H11NO5/c1-16-10(14)5-12-8-3-2-7(6-13)4-9(8)17-11(12)15/h2-4,13H,5-6H2,1H3. The molecule has 0 saturated heterocycles. The minimum Gasteiger partial charge on any atom is -0.468 e. The number of aliphatic hydroxyl groups excluding tert-OH is 1. The van der Waals surface area contributed by atoms with E-state index < -0.39 is 11.7 Å². The van der Waals surface area contributed by atoms with Gasteiger partial charge in [0.15, 0.2) is 5.58 Å². The van der Waals surface area contributed by atoms with Gasteiger partial charge in [-0.3, -0.25) is 9.36 Å². The van der Waals surface area contributed by atoms with E-state index in [0.717, 1.165) is 0 Å². The molecule has 0 aliphatic carbocycles. The van der Waals surface area contributed by atoms with E-state index in [1.54, 1.807) is 18.2 Å². The average molecular weight is 237 g/mol. The Labute approximate surface area is 96.0 Å². The number of nitrogens with zero attached hydrogens (tertiary/aromatic N) is 1. The van der Waals surface area contributed by atoms with Crippen LogP contribution in [0.1, 0.15) is 5.56 Å². The van der Waals surface area contributed by atoms with Gasteiger partial charge in [-0.2, -0.15) is 0 Å². The highest BCUT2D eigenvalue weighted by atomic mass is 16.5. The molecule has 0 saturated carbocycles. The smallest absolute Gasteiger partial charge is 0.420 e. The molecule has 0 amide bonds. The van der Waals surface area contributed by atoms with Crippen LogP contribution >= 0.6 is 0 Å². The second kappa shape index (κ2) is 4.42. The van der Waals surface area contributed by atoms with Crippen molar-refractivity contribution in [1.29, 1.82) is 0 Å². The van der Waals surface area contributed by atoms with Crippen molar-refractivity contribution in [3.05, 3.63) is 34.3 Å². The van der Waals surface area contributed by atoms with Crippen LogP contribution in [0.15, 0.2) is 27.4 Å². The minimum absolute atomic E-state index is 0.137. The van der Waals surface area contributed by atoms with Crippen molar-refractivity contribution < 1.29 is 19.1 Å². The summed E-state index contributed by atoms with van der Waals surface area (Å²) in [6, 6.07) is 4.84. The van der Waals surface area contributed by atoms with Crippen molar-refractivity contribution >= 4 is 17.1 Å². The fraction of sp³-hybridized carbons (Fsp3) is 0.273. The number of esters is 1. The van der Waals surface area contributed by atoms with E-state index in [9.17, 15) is 9.59 Å². The minimum atomic E-state index is -0.625. The summed E-state index contributed by atoms with van der Waals surface area (Å²) in [5.41, 5.74) is 1.47. The van der Waals surface area contributed by atoms with Gasteiger partial charge in [-0.1, -0.05) is 6.07 Å². The fourth-order valence-corrected chi connectivity index (χ4v) is 1.55. The van der Waals surface area contributed by atoms with Crippen LogP contribution < -0.4 is 5.76 Å². The summed E-state index contributed by atoms with van der Waals surface area (Å²) in [6.45, 7) is -0.331. The predicted molar refractivity (Wildman–Crippen MR) is 58.4 cm³/mol. The van der Waals surface area contributed by atoms with E-state index >= 15 is 0 Å². The molecular weight excluding hydrogens is 226 g/mol. The molecule has 17 heavy (non-hydrogen) atoms. The van der Waals surface area contributed by atoms with Crippen molar-refractivity contribution in [1.82, 2.24) is 4.57 Å². The number of fused-ring (bicyclic) bond motifs is 1. The number of aromatic nitrogens is 1. The molecule has 2 rings (SSSR count). The van der Waals surface area contributed by atoms with Gasteiger partial charge in [0.05, 0.1) is 19.2 Å². The van der Waals surface area contributed by atoms with Crippen LogP contribution in [0.4, 0.5) is 0 Å². The quantitative estimate of drug-likeness (QED) is 0.774. The van der Waals surface area contributed by atoms with Crippen molar-refractivity contribution in [2.24, 2.45) is 0 Å². The van der Waals surface area contributed by atoms with E-state index in [0.29, 0.717) is 16.7 Å². The summed E-state index contributed by atoms with van der Waals surface area (Å²) in [7, 11) is 1.25. The summed E-state index contributed by atoms with van der Waals surface area (Å²) >= 11 is 0. The van der Waals surface area contributed by atoms with Gasteiger partial charge >= 0.3 is 11.7 Å². The van der Waals surface area contributed by atoms with Gasteiger partial charge in [0, 0.05) is 0 Å². The average Bonchev–Trinajstić information content (AvgIpc) is 2.64. The van der Waals surface area contributed by atoms with E-state index in [-0.39, 0.29) is 13.2 Å². The zero-order valence-corrected chi connectivity index (χ0v) is 9.17. The Hall–Kier alpha value is -2.08. The first kappa shape index (κ1) is 11.4. The zero-order chi connectivity index (χ0) is 12.4. The lowest BCUT2D eigenvalue weighted by molar-refractivity contribution is -0.141. The summed E-state index contributed by atoms with van der Waals surface area (Å²) in [6.07, 6.45) is 0. The van der Waals surface area contributed by atoms with E-state index in [4.69, 9.17) is 9.52 Å². The van der Waals surface area contributed by atoms with E-state index in [1.807, 2.05) is 0 Å². The Balaban J connectivity index is 2.52.